The maximum atomic E-state index is 11.7. The van der Waals surface area contributed by atoms with Gasteiger partial charge < -0.3 is 14.9 Å². The molecule has 0 rings (SSSR count). The number of alkyl halides is 3. The first-order chi connectivity index (χ1) is 6.21. The molecule has 0 saturated carbocycles. The number of aliphatic hydroxyl groups excluding tert-OH is 2. The summed E-state index contributed by atoms with van der Waals surface area (Å²) in [6.45, 7) is 0.722. The second-order valence-electron chi connectivity index (χ2n) is 3.60. The number of rotatable bonds is 5. The number of hydrogen-bond acceptors (Lipinski definition) is 3. The second-order valence-corrected chi connectivity index (χ2v) is 3.60. The first kappa shape index (κ1) is 13.7. The van der Waals surface area contributed by atoms with Gasteiger partial charge in [0.1, 0.15) is 6.61 Å². The molecule has 0 heterocycles. The van der Waals surface area contributed by atoms with E-state index >= 15 is 0 Å². The maximum absolute atomic E-state index is 11.7. The summed E-state index contributed by atoms with van der Waals surface area (Å²) in [6, 6.07) is 0. The molecule has 0 aromatic rings. The lowest BCUT2D eigenvalue weighted by Crippen LogP contribution is -2.39. The minimum atomic E-state index is -4.38. The van der Waals surface area contributed by atoms with E-state index in [2.05, 4.69) is 4.74 Å². The summed E-state index contributed by atoms with van der Waals surface area (Å²) in [5, 5.41) is 18.0. The van der Waals surface area contributed by atoms with Crippen LogP contribution in [0, 0.1) is 5.41 Å². The fourth-order valence-corrected chi connectivity index (χ4v) is 0.698. The van der Waals surface area contributed by atoms with Gasteiger partial charge in [0.05, 0.1) is 19.3 Å². The van der Waals surface area contributed by atoms with Crippen LogP contribution >= 0.6 is 0 Å². The third kappa shape index (κ3) is 4.78. The van der Waals surface area contributed by atoms with Crippen molar-refractivity contribution in [2.75, 3.05) is 19.8 Å². The first-order valence-corrected chi connectivity index (χ1v) is 4.15. The smallest absolute Gasteiger partial charge is 0.396 e. The summed E-state index contributed by atoms with van der Waals surface area (Å²) in [5.74, 6) is 0. The van der Waals surface area contributed by atoms with Crippen LogP contribution in [0.15, 0.2) is 0 Å². The van der Waals surface area contributed by atoms with E-state index in [9.17, 15) is 18.3 Å². The lowest BCUT2D eigenvalue weighted by Gasteiger charge is -2.30. The van der Waals surface area contributed by atoms with Gasteiger partial charge in [0.15, 0.2) is 0 Å². The maximum Gasteiger partial charge on any atom is 0.411 e. The van der Waals surface area contributed by atoms with Crippen molar-refractivity contribution in [3.63, 3.8) is 0 Å². The molecule has 0 radical (unpaired) electrons. The van der Waals surface area contributed by atoms with Gasteiger partial charge in [-0.2, -0.15) is 13.2 Å². The standard InChI is InChI=1S/C8H15F3O3/c1-6(13)7(2,3-12)4-14-5-8(9,10)11/h6,12-13H,3-5H2,1-2H3. The number of hydrogen-bond donors (Lipinski definition) is 2. The van der Waals surface area contributed by atoms with Gasteiger partial charge >= 0.3 is 6.18 Å². The summed E-state index contributed by atoms with van der Waals surface area (Å²) in [5.41, 5.74) is -1.05. The summed E-state index contributed by atoms with van der Waals surface area (Å²) in [4.78, 5) is 0. The summed E-state index contributed by atoms with van der Waals surface area (Å²) >= 11 is 0. The molecular formula is C8H15F3O3. The van der Waals surface area contributed by atoms with Crippen molar-refractivity contribution in [2.45, 2.75) is 26.1 Å². The van der Waals surface area contributed by atoms with Crippen molar-refractivity contribution in [1.29, 1.82) is 0 Å². The largest absolute Gasteiger partial charge is 0.411 e. The van der Waals surface area contributed by atoms with E-state index in [1.807, 2.05) is 0 Å². The van der Waals surface area contributed by atoms with Crippen molar-refractivity contribution in [3.8, 4) is 0 Å². The average Bonchev–Trinajstić information content (AvgIpc) is 2.01. The molecule has 0 bridgehead atoms. The molecule has 2 unspecified atom stereocenters. The SMILES string of the molecule is CC(O)C(C)(CO)COCC(F)(F)F. The van der Waals surface area contributed by atoms with Crippen LogP contribution in [-0.4, -0.2) is 42.3 Å². The zero-order valence-corrected chi connectivity index (χ0v) is 8.14. The van der Waals surface area contributed by atoms with Crippen LogP contribution in [0.25, 0.3) is 0 Å². The average molecular weight is 216 g/mol. The van der Waals surface area contributed by atoms with Gasteiger partial charge in [-0.3, -0.25) is 0 Å². The fourth-order valence-electron chi connectivity index (χ4n) is 0.698. The molecule has 0 amide bonds. The normalized spacial score (nSPS) is 19.1. The predicted octanol–water partition coefficient (Wildman–Crippen LogP) is 0.945. The quantitative estimate of drug-likeness (QED) is 0.719. The Hall–Kier alpha value is -0.330. The lowest BCUT2D eigenvalue weighted by molar-refractivity contribution is -0.186. The Balaban J connectivity index is 3.97. The molecule has 0 fully saturated rings. The summed E-state index contributed by atoms with van der Waals surface area (Å²) in [7, 11) is 0. The Bertz CT molecular complexity index is 170. The molecule has 0 saturated heterocycles. The molecule has 14 heavy (non-hydrogen) atoms. The van der Waals surface area contributed by atoms with E-state index in [-0.39, 0.29) is 6.61 Å². The third-order valence-electron chi connectivity index (χ3n) is 2.07. The van der Waals surface area contributed by atoms with E-state index in [1.165, 1.54) is 13.8 Å². The predicted molar refractivity (Wildman–Crippen MR) is 43.7 cm³/mol. The molecule has 0 aliphatic rings. The number of halogens is 3. The van der Waals surface area contributed by atoms with Gasteiger partial charge in [-0.05, 0) is 6.92 Å². The monoisotopic (exact) mass is 216 g/mol. The topological polar surface area (TPSA) is 49.7 Å². The number of aliphatic hydroxyl groups is 2. The Morgan fingerprint density at radius 1 is 1.29 bits per heavy atom. The van der Waals surface area contributed by atoms with Crippen LogP contribution in [0.4, 0.5) is 13.2 Å². The molecule has 0 aromatic carbocycles. The van der Waals surface area contributed by atoms with E-state index in [1.54, 1.807) is 0 Å². The van der Waals surface area contributed by atoms with Crippen LogP contribution in [-0.2, 0) is 4.74 Å². The highest BCUT2D eigenvalue weighted by atomic mass is 19.4. The molecule has 0 aromatic heterocycles. The molecule has 0 aliphatic heterocycles. The van der Waals surface area contributed by atoms with Crippen LogP contribution < -0.4 is 0 Å². The van der Waals surface area contributed by atoms with Gasteiger partial charge in [-0.15, -0.1) is 0 Å². The van der Waals surface area contributed by atoms with Crippen LogP contribution in [0.3, 0.4) is 0 Å². The van der Waals surface area contributed by atoms with Crippen molar-refractivity contribution in [2.24, 2.45) is 5.41 Å². The Labute approximate surface area is 80.5 Å². The minimum Gasteiger partial charge on any atom is -0.396 e. The van der Waals surface area contributed by atoms with Crippen molar-refractivity contribution in [1.82, 2.24) is 0 Å². The summed E-state index contributed by atoms with van der Waals surface area (Å²) < 4.78 is 39.4. The highest BCUT2D eigenvalue weighted by molar-refractivity contribution is 4.78. The zero-order valence-electron chi connectivity index (χ0n) is 8.14. The van der Waals surface area contributed by atoms with E-state index in [0.29, 0.717) is 0 Å². The zero-order chi connectivity index (χ0) is 11.4. The molecule has 86 valence electrons. The van der Waals surface area contributed by atoms with Crippen LogP contribution in [0.1, 0.15) is 13.8 Å². The van der Waals surface area contributed by atoms with E-state index in [0.717, 1.165) is 0 Å². The first-order valence-electron chi connectivity index (χ1n) is 4.15. The van der Waals surface area contributed by atoms with E-state index in [4.69, 9.17) is 5.11 Å². The second kappa shape index (κ2) is 4.95. The van der Waals surface area contributed by atoms with Gasteiger partial charge in [0.25, 0.3) is 0 Å². The van der Waals surface area contributed by atoms with Crippen molar-refractivity contribution < 1.29 is 28.1 Å². The summed E-state index contributed by atoms with van der Waals surface area (Å²) in [6.07, 6.45) is -5.31. The molecule has 0 aliphatic carbocycles. The fraction of sp³-hybridized carbons (Fsp3) is 1.00. The third-order valence-corrected chi connectivity index (χ3v) is 2.07. The molecule has 0 spiro atoms. The van der Waals surface area contributed by atoms with Crippen LogP contribution in [0.2, 0.25) is 0 Å². The Morgan fingerprint density at radius 2 is 1.79 bits per heavy atom. The van der Waals surface area contributed by atoms with Crippen molar-refractivity contribution in [3.05, 3.63) is 0 Å². The lowest BCUT2D eigenvalue weighted by atomic mass is 9.87. The molecule has 6 heteroatoms. The van der Waals surface area contributed by atoms with Gasteiger partial charge in [-0.25, -0.2) is 0 Å². The molecule has 2 N–H and O–H groups in total. The molecule has 3 nitrogen and oxygen atoms in total. The highest BCUT2D eigenvalue weighted by Gasteiger charge is 2.33. The minimum absolute atomic E-state index is 0.333. The Kier molecular flexibility index (Phi) is 4.83. The van der Waals surface area contributed by atoms with Gasteiger partial charge in [-0.1, -0.05) is 6.92 Å². The van der Waals surface area contributed by atoms with Gasteiger partial charge in [0, 0.05) is 5.41 Å². The Morgan fingerprint density at radius 3 is 2.07 bits per heavy atom. The number of ether oxygens (including phenoxy) is 1. The van der Waals surface area contributed by atoms with Gasteiger partial charge in [0.2, 0.25) is 0 Å². The highest BCUT2D eigenvalue weighted by Crippen LogP contribution is 2.23. The van der Waals surface area contributed by atoms with Crippen molar-refractivity contribution >= 4 is 0 Å². The molecular weight excluding hydrogens is 201 g/mol. The van der Waals surface area contributed by atoms with E-state index < -0.39 is 30.9 Å². The van der Waals surface area contributed by atoms with Crippen LogP contribution in [0.5, 0.6) is 0 Å². The molecule has 2 atom stereocenters.